The third-order valence-electron chi connectivity index (χ3n) is 4.61. The Bertz CT molecular complexity index is 876. The van der Waals surface area contributed by atoms with Crippen molar-refractivity contribution >= 4 is 17.6 Å². The van der Waals surface area contributed by atoms with Crippen LogP contribution in [-0.4, -0.2) is 40.1 Å². The van der Waals surface area contributed by atoms with E-state index in [9.17, 15) is 22.8 Å². The first-order valence-corrected chi connectivity index (χ1v) is 9.03. The number of hydrogen-bond donors (Lipinski definition) is 2. The number of hydrogen-bond acceptors (Lipinski definition) is 5. The maximum atomic E-state index is 13.1. The average Bonchev–Trinajstić information content (AvgIpc) is 3.11. The fourth-order valence-corrected chi connectivity index (χ4v) is 3.10. The van der Waals surface area contributed by atoms with Gasteiger partial charge in [0.2, 0.25) is 11.8 Å². The number of rotatable bonds is 4. The molecule has 29 heavy (non-hydrogen) atoms. The highest BCUT2D eigenvalue weighted by Gasteiger charge is 2.34. The Hall–Kier alpha value is -3.11. The van der Waals surface area contributed by atoms with E-state index in [-0.39, 0.29) is 37.1 Å². The first kappa shape index (κ1) is 20.6. The van der Waals surface area contributed by atoms with Crippen molar-refractivity contribution in [1.29, 1.82) is 0 Å². The van der Waals surface area contributed by atoms with Gasteiger partial charge in [-0.3, -0.25) is 4.79 Å². The minimum absolute atomic E-state index is 0.120. The van der Waals surface area contributed by atoms with E-state index in [1.807, 2.05) is 0 Å². The highest BCUT2D eigenvalue weighted by molar-refractivity contribution is 5.90. The molecule has 0 radical (unpaired) electrons. The number of para-hydroxylation sites is 1. The molecular weight excluding hydrogens is 391 g/mol. The third kappa shape index (κ3) is 5.24. The van der Waals surface area contributed by atoms with Gasteiger partial charge in [-0.1, -0.05) is 17.3 Å². The molecule has 156 valence electrons. The van der Waals surface area contributed by atoms with E-state index in [1.54, 1.807) is 6.92 Å². The normalized spacial score (nSPS) is 15.2. The van der Waals surface area contributed by atoms with E-state index in [0.717, 1.165) is 6.07 Å². The van der Waals surface area contributed by atoms with Crippen LogP contribution in [0.2, 0.25) is 0 Å². The molecule has 3 rings (SSSR count). The van der Waals surface area contributed by atoms with E-state index < -0.39 is 17.8 Å². The highest BCUT2D eigenvalue weighted by atomic mass is 19.4. The number of piperidine rings is 1. The number of carbonyl (C=O) groups excluding carboxylic acids is 2. The number of aryl methyl sites for hydroxylation is 1. The van der Waals surface area contributed by atoms with Crippen molar-refractivity contribution in [1.82, 2.24) is 20.4 Å². The first-order chi connectivity index (χ1) is 13.7. The molecule has 0 atom stereocenters. The molecule has 0 bridgehead atoms. The van der Waals surface area contributed by atoms with Crippen LogP contribution < -0.4 is 10.6 Å². The standard InChI is InChI=1S/C18H20F3N5O3/c1-11-23-15(29-25-11)10-22-16(27)12-6-8-26(9-7-12)17(28)24-14-5-3-2-4-13(14)18(19,20)21/h2-5,12H,6-10H2,1H3,(H,22,27)(H,24,28). The zero-order valence-corrected chi connectivity index (χ0v) is 15.6. The van der Waals surface area contributed by atoms with E-state index in [4.69, 9.17) is 4.52 Å². The van der Waals surface area contributed by atoms with E-state index in [2.05, 4.69) is 20.8 Å². The van der Waals surface area contributed by atoms with Crippen molar-refractivity contribution in [2.75, 3.05) is 18.4 Å². The molecule has 1 aromatic heterocycles. The van der Waals surface area contributed by atoms with E-state index >= 15 is 0 Å². The van der Waals surface area contributed by atoms with Crippen molar-refractivity contribution in [2.24, 2.45) is 5.92 Å². The number of halogens is 3. The second-order valence-corrected chi connectivity index (χ2v) is 6.69. The molecule has 0 saturated carbocycles. The molecule has 1 aliphatic rings. The molecule has 2 N–H and O–H groups in total. The van der Waals surface area contributed by atoms with Crippen molar-refractivity contribution in [2.45, 2.75) is 32.5 Å². The number of alkyl halides is 3. The van der Waals surface area contributed by atoms with Gasteiger partial charge in [0.25, 0.3) is 0 Å². The van der Waals surface area contributed by atoms with Gasteiger partial charge in [0.1, 0.15) is 0 Å². The summed E-state index contributed by atoms with van der Waals surface area (Å²) in [5.41, 5.74) is -1.20. The van der Waals surface area contributed by atoms with Gasteiger partial charge in [-0.25, -0.2) is 4.79 Å². The van der Waals surface area contributed by atoms with Gasteiger partial charge in [-0.15, -0.1) is 0 Å². The Morgan fingerprint density at radius 3 is 2.55 bits per heavy atom. The molecule has 2 heterocycles. The van der Waals surface area contributed by atoms with E-state index in [0.29, 0.717) is 24.6 Å². The van der Waals surface area contributed by atoms with Crippen LogP contribution in [0.25, 0.3) is 0 Å². The van der Waals surface area contributed by atoms with Crippen molar-refractivity contribution in [3.8, 4) is 0 Å². The summed E-state index contributed by atoms with van der Waals surface area (Å²) in [7, 11) is 0. The smallest absolute Gasteiger partial charge is 0.347 e. The molecule has 1 saturated heterocycles. The van der Waals surface area contributed by atoms with Crippen LogP contribution in [0.5, 0.6) is 0 Å². The van der Waals surface area contributed by atoms with Gasteiger partial charge in [0, 0.05) is 19.0 Å². The summed E-state index contributed by atoms with van der Waals surface area (Å²) < 4.78 is 44.1. The molecule has 0 unspecified atom stereocenters. The predicted octanol–water partition coefficient (Wildman–Crippen LogP) is 2.96. The molecule has 1 aromatic carbocycles. The summed E-state index contributed by atoms with van der Waals surface area (Å²) in [5.74, 6) is 0.283. The van der Waals surface area contributed by atoms with Crippen LogP contribution in [0.4, 0.5) is 23.7 Å². The topological polar surface area (TPSA) is 100 Å². The summed E-state index contributed by atoms with van der Waals surface area (Å²) in [6, 6.07) is 4.18. The maximum Gasteiger partial charge on any atom is 0.418 e. The number of urea groups is 1. The number of benzene rings is 1. The maximum absolute atomic E-state index is 13.1. The lowest BCUT2D eigenvalue weighted by Crippen LogP contribution is -2.44. The molecule has 11 heteroatoms. The first-order valence-electron chi connectivity index (χ1n) is 9.03. The lowest BCUT2D eigenvalue weighted by Gasteiger charge is -2.31. The van der Waals surface area contributed by atoms with Crippen LogP contribution in [0.15, 0.2) is 28.8 Å². The Labute approximate surface area is 164 Å². The van der Waals surface area contributed by atoms with Gasteiger partial charge in [-0.2, -0.15) is 18.2 Å². The second kappa shape index (κ2) is 8.50. The summed E-state index contributed by atoms with van der Waals surface area (Å²) in [6.07, 6.45) is -3.75. The molecule has 3 amide bonds. The minimum atomic E-state index is -4.56. The molecule has 2 aromatic rings. The summed E-state index contributed by atoms with van der Waals surface area (Å²) in [4.78, 5) is 30.0. The number of aromatic nitrogens is 2. The average molecular weight is 411 g/mol. The summed E-state index contributed by atoms with van der Waals surface area (Å²) >= 11 is 0. The summed E-state index contributed by atoms with van der Waals surface area (Å²) in [6.45, 7) is 2.31. The van der Waals surface area contributed by atoms with Crippen LogP contribution >= 0.6 is 0 Å². The van der Waals surface area contributed by atoms with Gasteiger partial charge in [0.05, 0.1) is 17.8 Å². The zero-order chi connectivity index (χ0) is 21.0. The van der Waals surface area contributed by atoms with Crippen LogP contribution in [0.1, 0.15) is 30.1 Å². The SMILES string of the molecule is Cc1noc(CNC(=O)C2CCN(C(=O)Nc3ccccc3C(F)(F)F)CC2)n1. The molecular formula is C18H20F3N5O3. The number of nitrogens with one attached hydrogen (secondary N) is 2. The van der Waals surface area contributed by atoms with Gasteiger partial charge >= 0.3 is 12.2 Å². The number of nitrogens with zero attached hydrogens (tertiary/aromatic N) is 3. The monoisotopic (exact) mass is 411 g/mol. The Balaban J connectivity index is 1.50. The predicted molar refractivity (Wildman–Crippen MR) is 95.6 cm³/mol. The molecule has 0 aliphatic carbocycles. The van der Waals surface area contributed by atoms with Gasteiger partial charge in [0.15, 0.2) is 5.82 Å². The molecule has 1 fully saturated rings. The Morgan fingerprint density at radius 1 is 1.24 bits per heavy atom. The lowest BCUT2D eigenvalue weighted by molar-refractivity contribution is -0.137. The quantitative estimate of drug-likeness (QED) is 0.806. The van der Waals surface area contributed by atoms with Gasteiger partial charge in [-0.05, 0) is 31.9 Å². The Morgan fingerprint density at radius 2 is 1.93 bits per heavy atom. The fourth-order valence-electron chi connectivity index (χ4n) is 3.10. The fraction of sp³-hybridized carbons (Fsp3) is 0.444. The van der Waals surface area contributed by atoms with Crippen LogP contribution in [0, 0.1) is 12.8 Å². The second-order valence-electron chi connectivity index (χ2n) is 6.69. The molecule has 1 aliphatic heterocycles. The molecule has 0 spiro atoms. The van der Waals surface area contributed by atoms with Gasteiger partial charge < -0.3 is 20.1 Å². The lowest BCUT2D eigenvalue weighted by atomic mass is 9.96. The summed E-state index contributed by atoms with van der Waals surface area (Å²) in [5, 5.41) is 8.66. The number of likely N-dealkylation sites (tertiary alicyclic amines) is 1. The number of amides is 3. The van der Waals surface area contributed by atoms with Crippen molar-refractivity contribution in [3.63, 3.8) is 0 Å². The number of anilines is 1. The third-order valence-corrected chi connectivity index (χ3v) is 4.61. The highest BCUT2D eigenvalue weighted by Crippen LogP contribution is 2.34. The molecule has 8 nitrogen and oxygen atoms in total. The van der Waals surface area contributed by atoms with Crippen molar-refractivity contribution < 1.29 is 27.3 Å². The van der Waals surface area contributed by atoms with E-state index in [1.165, 1.54) is 23.1 Å². The Kier molecular flexibility index (Phi) is 6.04. The zero-order valence-electron chi connectivity index (χ0n) is 15.6. The minimum Gasteiger partial charge on any atom is -0.347 e. The van der Waals surface area contributed by atoms with Crippen LogP contribution in [-0.2, 0) is 17.5 Å². The largest absolute Gasteiger partial charge is 0.418 e. The van der Waals surface area contributed by atoms with Crippen molar-refractivity contribution in [3.05, 3.63) is 41.5 Å². The van der Waals surface area contributed by atoms with Crippen LogP contribution in [0.3, 0.4) is 0 Å². The number of carbonyl (C=O) groups is 2.